The predicted octanol–water partition coefficient (Wildman–Crippen LogP) is 5.82. The maximum absolute atomic E-state index is 13.0. The monoisotopic (exact) mass is 506 g/mol. The molecule has 186 valence electrons. The molecule has 0 saturated carbocycles. The highest BCUT2D eigenvalue weighted by Crippen LogP contribution is 2.55. The van der Waals surface area contributed by atoms with E-state index in [4.69, 9.17) is 0 Å². The zero-order valence-corrected chi connectivity index (χ0v) is 20.8. The van der Waals surface area contributed by atoms with Crippen molar-refractivity contribution in [1.29, 1.82) is 0 Å². The van der Waals surface area contributed by atoms with Crippen LogP contribution in [0.1, 0.15) is 43.0 Å². The molecular formula is C33H22N4O2. The van der Waals surface area contributed by atoms with Crippen LogP contribution in [-0.2, 0) is 5.41 Å². The molecule has 0 atom stereocenters. The molecular weight excluding hydrogens is 484 g/mol. The van der Waals surface area contributed by atoms with Crippen LogP contribution in [-0.4, -0.2) is 30.9 Å². The number of carbonyl (C=O) groups excluding carboxylic acids is 2. The predicted molar refractivity (Wildman–Crippen MR) is 148 cm³/mol. The lowest BCUT2D eigenvalue weighted by molar-refractivity contribution is 0.0951. The molecule has 0 amide bonds. The number of carbonyl (C=O) groups is 2. The van der Waals surface area contributed by atoms with Gasteiger partial charge in [-0.25, -0.2) is 9.97 Å². The zero-order valence-electron chi connectivity index (χ0n) is 20.8. The first-order valence-electron chi connectivity index (χ1n) is 12.6. The molecule has 0 saturated heterocycles. The van der Waals surface area contributed by atoms with Crippen LogP contribution in [0.4, 0.5) is 0 Å². The standard InChI is InChI=1S/C33H22N4O2/c38-31(36-19-17-34-21-36)23-9-13-25(14-10-23)33(26-15-11-24(12-16-26)32(39)37-20-18-35-22-37)29-7-3-1-5-27(29)28-6-2-4-8-30(28)33/h1-22H. The third-order valence-corrected chi connectivity index (χ3v) is 7.56. The van der Waals surface area contributed by atoms with Crippen molar-refractivity contribution in [2.24, 2.45) is 0 Å². The Hall–Kier alpha value is -5.36. The Balaban J connectivity index is 1.42. The smallest absolute Gasteiger partial charge is 0.263 e. The molecule has 2 aromatic heterocycles. The molecule has 1 aliphatic carbocycles. The van der Waals surface area contributed by atoms with Gasteiger partial charge < -0.3 is 0 Å². The van der Waals surface area contributed by atoms with Crippen LogP contribution in [0.5, 0.6) is 0 Å². The van der Waals surface area contributed by atoms with Gasteiger partial charge in [0.15, 0.2) is 0 Å². The Morgan fingerprint density at radius 3 is 1.33 bits per heavy atom. The van der Waals surface area contributed by atoms with Crippen molar-refractivity contribution in [3.8, 4) is 11.1 Å². The molecule has 0 unspecified atom stereocenters. The molecule has 0 radical (unpaired) electrons. The van der Waals surface area contributed by atoms with Crippen LogP contribution in [0, 0.1) is 0 Å². The molecule has 6 aromatic rings. The highest BCUT2D eigenvalue weighted by atomic mass is 16.2. The first-order chi connectivity index (χ1) is 19.2. The van der Waals surface area contributed by atoms with E-state index in [1.807, 2.05) is 48.5 Å². The van der Waals surface area contributed by atoms with E-state index < -0.39 is 5.41 Å². The molecule has 6 nitrogen and oxygen atoms in total. The molecule has 39 heavy (non-hydrogen) atoms. The Kier molecular flexibility index (Phi) is 5.20. The summed E-state index contributed by atoms with van der Waals surface area (Å²) in [7, 11) is 0. The minimum absolute atomic E-state index is 0.136. The first kappa shape index (κ1) is 22.8. The Morgan fingerprint density at radius 2 is 0.949 bits per heavy atom. The van der Waals surface area contributed by atoms with Crippen molar-refractivity contribution in [3.63, 3.8) is 0 Å². The van der Waals surface area contributed by atoms with Crippen molar-refractivity contribution in [2.45, 2.75) is 5.41 Å². The summed E-state index contributed by atoms with van der Waals surface area (Å²) >= 11 is 0. The molecule has 0 spiro atoms. The fraction of sp³-hybridized carbons (Fsp3) is 0.0303. The number of nitrogens with zero attached hydrogens (tertiary/aromatic N) is 4. The van der Waals surface area contributed by atoms with Gasteiger partial charge in [0, 0.05) is 35.9 Å². The third kappa shape index (κ3) is 3.42. The summed E-state index contributed by atoms with van der Waals surface area (Å²) in [5.74, 6) is -0.273. The van der Waals surface area contributed by atoms with Gasteiger partial charge in [-0.05, 0) is 57.6 Å². The van der Waals surface area contributed by atoms with E-state index in [0.29, 0.717) is 11.1 Å². The van der Waals surface area contributed by atoms with Gasteiger partial charge in [-0.3, -0.25) is 18.7 Å². The number of rotatable bonds is 4. The third-order valence-electron chi connectivity index (χ3n) is 7.56. The van der Waals surface area contributed by atoms with Gasteiger partial charge in [-0.15, -0.1) is 0 Å². The van der Waals surface area contributed by atoms with Gasteiger partial charge in [0.25, 0.3) is 11.8 Å². The van der Waals surface area contributed by atoms with Crippen molar-refractivity contribution in [3.05, 3.63) is 168 Å². The van der Waals surface area contributed by atoms with Gasteiger partial charge in [0.1, 0.15) is 12.7 Å². The first-order valence-corrected chi connectivity index (χ1v) is 12.6. The number of benzene rings is 4. The van der Waals surface area contributed by atoms with Crippen molar-refractivity contribution >= 4 is 11.8 Å². The fourth-order valence-corrected chi connectivity index (χ4v) is 5.81. The summed E-state index contributed by atoms with van der Waals surface area (Å²) in [6, 6.07) is 32.5. The van der Waals surface area contributed by atoms with E-state index in [1.165, 1.54) is 32.9 Å². The Bertz CT molecular complexity index is 1680. The molecule has 4 aromatic carbocycles. The van der Waals surface area contributed by atoms with E-state index in [2.05, 4.69) is 58.5 Å². The number of hydrogen-bond donors (Lipinski definition) is 0. The number of aromatic nitrogens is 4. The van der Waals surface area contributed by atoms with Crippen LogP contribution in [0.3, 0.4) is 0 Å². The van der Waals surface area contributed by atoms with E-state index in [-0.39, 0.29) is 11.8 Å². The normalized spacial score (nSPS) is 13.0. The van der Waals surface area contributed by atoms with Gasteiger partial charge >= 0.3 is 0 Å². The molecule has 0 N–H and O–H groups in total. The molecule has 2 heterocycles. The number of imidazole rings is 2. The minimum atomic E-state index is -0.625. The van der Waals surface area contributed by atoms with Gasteiger partial charge in [-0.1, -0.05) is 72.8 Å². The maximum atomic E-state index is 13.0. The summed E-state index contributed by atoms with van der Waals surface area (Å²) in [5, 5.41) is 0. The maximum Gasteiger partial charge on any atom is 0.263 e. The average Bonchev–Trinajstić information content (AvgIpc) is 3.78. The van der Waals surface area contributed by atoms with E-state index in [0.717, 1.165) is 22.3 Å². The van der Waals surface area contributed by atoms with Crippen LogP contribution in [0.2, 0.25) is 0 Å². The summed E-state index contributed by atoms with van der Waals surface area (Å²) in [5.41, 5.74) is 7.27. The number of fused-ring (bicyclic) bond motifs is 3. The quantitative estimate of drug-likeness (QED) is 0.302. The summed E-state index contributed by atoms with van der Waals surface area (Å²) in [6.45, 7) is 0. The highest BCUT2D eigenvalue weighted by Gasteiger charge is 2.45. The lowest BCUT2D eigenvalue weighted by Gasteiger charge is -2.34. The number of hydrogen-bond acceptors (Lipinski definition) is 4. The van der Waals surface area contributed by atoms with Crippen molar-refractivity contribution in [1.82, 2.24) is 19.1 Å². The van der Waals surface area contributed by atoms with Gasteiger partial charge in [0.2, 0.25) is 0 Å². The van der Waals surface area contributed by atoms with Gasteiger partial charge in [-0.2, -0.15) is 0 Å². The molecule has 6 heteroatoms. The molecule has 7 rings (SSSR count). The van der Waals surface area contributed by atoms with Crippen LogP contribution in [0.15, 0.2) is 135 Å². The summed E-state index contributed by atoms with van der Waals surface area (Å²) in [4.78, 5) is 33.9. The second kappa shape index (κ2) is 8.89. The van der Waals surface area contributed by atoms with Crippen molar-refractivity contribution < 1.29 is 9.59 Å². The second-order valence-corrected chi connectivity index (χ2v) is 9.55. The summed E-state index contributed by atoms with van der Waals surface area (Å²) in [6.07, 6.45) is 9.49. The van der Waals surface area contributed by atoms with Crippen LogP contribution >= 0.6 is 0 Å². The van der Waals surface area contributed by atoms with Crippen LogP contribution < -0.4 is 0 Å². The lowest BCUT2D eigenvalue weighted by Crippen LogP contribution is -2.29. The average molecular weight is 507 g/mol. The zero-order chi connectivity index (χ0) is 26.4. The molecule has 0 fully saturated rings. The molecule has 0 aliphatic heterocycles. The minimum Gasteiger partial charge on any atom is -0.272 e. The highest BCUT2D eigenvalue weighted by molar-refractivity contribution is 5.97. The topological polar surface area (TPSA) is 69.8 Å². The van der Waals surface area contributed by atoms with Gasteiger partial charge in [0.05, 0.1) is 5.41 Å². The fourth-order valence-electron chi connectivity index (χ4n) is 5.81. The SMILES string of the molecule is O=C(c1ccc(C2(c3ccc(C(=O)n4ccnc4)cc3)c3ccccc3-c3ccccc32)cc1)n1ccnc1. The van der Waals surface area contributed by atoms with Crippen molar-refractivity contribution in [2.75, 3.05) is 0 Å². The van der Waals surface area contributed by atoms with E-state index in [9.17, 15) is 9.59 Å². The lowest BCUT2D eigenvalue weighted by atomic mass is 9.67. The second-order valence-electron chi connectivity index (χ2n) is 9.55. The molecule has 0 bridgehead atoms. The van der Waals surface area contributed by atoms with Crippen LogP contribution in [0.25, 0.3) is 11.1 Å². The Labute approximate surface area is 224 Å². The van der Waals surface area contributed by atoms with E-state index >= 15 is 0 Å². The summed E-state index contributed by atoms with van der Waals surface area (Å²) < 4.78 is 2.95. The molecule has 1 aliphatic rings. The largest absolute Gasteiger partial charge is 0.272 e. The Morgan fingerprint density at radius 1 is 0.538 bits per heavy atom. The van der Waals surface area contributed by atoms with E-state index in [1.54, 1.807) is 24.8 Å².